The van der Waals surface area contributed by atoms with Crippen LogP contribution in [0, 0.1) is 0 Å². The number of carbonyl (C=O) groups excluding carboxylic acids is 1. The summed E-state index contributed by atoms with van der Waals surface area (Å²) in [5.41, 5.74) is 3.09. The van der Waals surface area contributed by atoms with E-state index in [2.05, 4.69) is 28.5 Å². The number of hydrogen-bond donors (Lipinski definition) is 1. The van der Waals surface area contributed by atoms with Gasteiger partial charge in [-0.3, -0.25) is 4.90 Å². The van der Waals surface area contributed by atoms with E-state index >= 15 is 0 Å². The molecule has 0 spiro atoms. The normalized spacial score (nSPS) is 15.7. The van der Waals surface area contributed by atoms with Crippen molar-refractivity contribution in [3.05, 3.63) is 66.1 Å². The van der Waals surface area contributed by atoms with Crippen LogP contribution in [0.2, 0.25) is 0 Å². The number of nitrogens with one attached hydrogen (secondary N) is 1. The first kappa shape index (κ1) is 16.3. The van der Waals surface area contributed by atoms with Crippen LogP contribution in [0.25, 0.3) is 11.5 Å². The summed E-state index contributed by atoms with van der Waals surface area (Å²) < 4.78 is 5.66. The van der Waals surface area contributed by atoms with Gasteiger partial charge in [-0.25, -0.2) is 4.79 Å². The Kier molecular flexibility index (Phi) is 4.39. The molecule has 26 heavy (non-hydrogen) atoms. The molecule has 0 aliphatic carbocycles. The van der Waals surface area contributed by atoms with Crippen LogP contribution in [0.1, 0.15) is 24.3 Å². The predicted molar refractivity (Wildman–Crippen MR) is 99.0 cm³/mol. The van der Waals surface area contributed by atoms with Crippen LogP contribution in [-0.4, -0.2) is 29.3 Å². The summed E-state index contributed by atoms with van der Waals surface area (Å²) in [5, 5.41) is 11.1. The Morgan fingerprint density at radius 2 is 1.92 bits per heavy atom. The number of benzene rings is 2. The summed E-state index contributed by atoms with van der Waals surface area (Å²) in [4.78, 5) is 14.3. The molecule has 0 bridgehead atoms. The first-order valence-electron chi connectivity index (χ1n) is 8.74. The van der Waals surface area contributed by atoms with Gasteiger partial charge in [0.25, 0.3) is 0 Å². The minimum absolute atomic E-state index is 0.0930. The summed E-state index contributed by atoms with van der Waals surface area (Å²) in [6.45, 7) is 3.28. The number of para-hydroxylation sites is 1. The highest BCUT2D eigenvalue weighted by atomic mass is 16.4. The van der Waals surface area contributed by atoms with Gasteiger partial charge >= 0.3 is 6.03 Å². The van der Waals surface area contributed by atoms with Gasteiger partial charge in [0.05, 0.1) is 0 Å². The van der Waals surface area contributed by atoms with E-state index in [1.807, 2.05) is 48.5 Å². The third-order valence-corrected chi connectivity index (χ3v) is 4.56. The molecule has 6 heteroatoms. The van der Waals surface area contributed by atoms with E-state index in [1.165, 1.54) is 5.56 Å². The topological polar surface area (TPSA) is 71.3 Å². The Hall–Kier alpha value is -3.15. The number of nitrogens with zero attached hydrogens (tertiary/aromatic N) is 3. The molecule has 132 valence electrons. The molecule has 0 saturated carbocycles. The van der Waals surface area contributed by atoms with Gasteiger partial charge in [0.1, 0.15) is 0 Å². The van der Waals surface area contributed by atoms with Gasteiger partial charge in [-0.1, -0.05) is 43.3 Å². The summed E-state index contributed by atoms with van der Waals surface area (Å²) in [6, 6.07) is 17.6. The van der Waals surface area contributed by atoms with Crippen molar-refractivity contribution in [3.63, 3.8) is 0 Å². The van der Waals surface area contributed by atoms with Crippen LogP contribution in [0.5, 0.6) is 0 Å². The monoisotopic (exact) mass is 348 g/mol. The molecule has 3 aromatic rings. The largest absolute Gasteiger partial charge is 0.421 e. The number of fused-ring (bicyclic) bond motifs is 1. The zero-order valence-corrected chi connectivity index (χ0v) is 14.6. The van der Waals surface area contributed by atoms with Gasteiger partial charge in [-0.2, -0.15) is 0 Å². The van der Waals surface area contributed by atoms with Gasteiger partial charge in [-0.15, -0.1) is 10.2 Å². The van der Waals surface area contributed by atoms with Crippen molar-refractivity contribution in [3.8, 4) is 11.5 Å². The fourth-order valence-electron chi connectivity index (χ4n) is 3.24. The van der Waals surface area contributed by atoms with Gasteiger partial charge < -0.3 is 9.73 Å². The smallest absolute Gasteiger partial charge is 0.321 e. The maximum atomic E-state index is 12.5. The number of hydrogen-bond acceptors (Lipinski definition) is 4. The molecule has 2 heterocycles. The molecule has 0 saturated heterocycles. The lowest BCUT2D eigenvalue weighted by molar-refractivity contribution is 0.246. The zero-order chi connectivity index (χ0) is 17.9. The van der Waals surface area contributed by atoms with E-state index < -0.39 is 0 Å². The van der Waals surface area contributed by atoms with Crippen molar-refractivity contribution in [2.24, 2.45) is 0 Å². The lowest BCUT2D eigenvalue weighted by Gasteiger charge is -2.18. The molecule has 1 aromatic heterocycles. The van der Waals surface area contributed by atoms with Crippen molar-refractivity contribution >= 4 is 11.7 Å². The average Bonchev–Trinajstić information content (AvgIpc) is 3.28. The predicted octanol–water partition coefficient (Wildman–Crippen LogP) is 3.61. The Morgan fingerprint density at radius 1 is 1.15 bits per heavy atom. The Bertz CT molecular complexity index is 907. The zero-order valence-electron chi connectivity index (χ0n) is 14.6. The Balaban J connectivity index is 1.34. The van der Waals surface area contributed by atoms with Crippen LogP contribution in [-0.2, 0) is 6.42 Å². The fraction of sp³-hybridized carbons (Fsp3) is 0.250. The number of anilines is 1. The molecule has 1 aliphatic rings. The maximum absolute atomic E-state index is 12.5. The number of urea groups is 1. The van der Waals surface area contributed by atoms with Crippen LogP contribution in [0.3, 0.4) is 0 Å². The molecule has 0 fully saturated rings. The van der Waals surface area contributed by atoms with Crippen molar-refractivity contribution < 1.29 is 9.21 Å². The highest BCUT2D eigenvalue weighted by molar-refractivity contribution is 5.94. The lowest BCUT2D eigenvalue weighted by atomic mass is 10.0. The Morgan fingerprint density at radius 3 is 2.77 bits per heavy atom. The first-order valence-corrected chi connectivity index (χ1v) is 8.74. The van der Waals surface area contributed by atoms with Crippen molar-refractivity contribution in [2.45, 2.75) is 19.3 Å². The highest BCUT2D eigenvalue weighted by Gasteiger charge is 2.29. The van der Waals surface area contributed by atoms with Crippen molar-refractivity contribution in [1.82, 2.24) is 15.5 Å². The van der Waals surface area contributed by atoms with E-state index in [-0.39, 0.29) is 6.03 Å². The van der Waals surface area contributed by atoms with Crippen LogP contribution < -0.4 is 10.2 Å². The molecule has 6 nitrogen and oxygen atoms in total. The third-order valence-electron chi connectivity index (χ3n) is 4.56. The standard InChI is InChI=1S/C20H20N4O2/c1-14-13-24(17-10-6-5-9-16(14)17)20(25)21-12-11-18-22-23-19(26-18)15-7-3-2-4-8-15/h2-10,14H,11-13H2,1H3,(H,21,25)/t14-/m0/s1. The SMILES string of the molecule is C[C@H]1CN(C(=O)NCCc2nnc(-c3ccccc3)o2)c2ccccc21. The second-order valence-corrected chi connectivity index (χ2v) is 6.42. The molecular formula is C20H20N4O2. The maximum Gasteiger partial charge on any atom is 0.321 e. The first-order chi connectivity index (χ1) is 12.7. The number of carbonyl (C=O) groups is 1. The van der Waals surface area contributed by atoms with Gasteiger partial charge in [0, 0.05) is 36.7 Å². The van der Waals surface area contributed by atoms with Crippen molar-refractivity contribution in [2.75, 3.05) is 18.0 Å². The molecule has 1 atom stereocenters. The van der Waals surface area contributed by atoms with Crippen molar-refractivity contribution in [1.29, 1.82) is 0 Å². The van der Waals surface area contributed by atoms with E-state index in [0.717, 1.165) is 11.3 Å². The number of aromatic nitrogens is 2. The summed E-state index contributed by atoms with van der Waals surface area (Å²) >= 11 is 0. The number of amides is 2. The minimum Gasteiger partial charge on any atom is -0.421 e. The molecule has 1 aliphatic heterocycles. The van der Waals surface area contributed by atoms with E-state index in [1.54, 1.807) is 4.90 Å². The van der Waals surface area contributed by atoms with E-state index in [4.69, 9.17) is 4.42 Å². The molecule has 0 unspecified atom stereocenters. The minimum atomic E-state index is -0.0930. The van der Waals surface area contributed by atoms with Crippen LogP contribution in [0.15, 0.2) is 59.0 Å². The summed E-state index contributed by atoms with van der Waals surface area (Å²) in [5.74, 6) is 1.36. The molecule has 1 N–H and O–H groups in total. The number of rotatable bonds is 4. The molecule has 2 amide bonds. The third kappa shape index (κ3) is 3.18. The van der Waals surface area contributed by atoms with E-state index in [0.29, 0.717) is 37.2 Å². The second-order valence-electron chi connectivity index (χ2n) is 6.42. The molecule has 0 radical (unpaired) electrons. The van der Waals surface area contributed by atoms with Gasteiger partial charge in [0.15, 0.2) is 0 Å². The van der Waals surface area contributed by atoms with Gasteiger partial charge in [0.2, 0.25) is 11.8 Å². The summed E-state index contributed by atoms with van der Waals surface area (Å²) in [6.07, 6.45) is 0.497. The molecular weight excluding hydrogens is 328 g/mol. The quantitative estimate of drug-likeness (QED) is 0.782. The fourth-order valence-corrected chi connectivity index (χ4v) is 3.24. The Labute approximate surface area is 151 Å². The van der Waals surface area contributed by atoms with Gasteiger partial charge in [-0.05, 0) is 23.8 Å². The average molecular weight is 348 g/mol. The molecule has 4 rings (SSSR count). The van der Waals surface area contributed by atoms with E-state index in [9.17, 15) is 4.79 Å². The summed E-state index contributed by atoms with van der Waals surface area (Å²) in [7, 11) is 0. The van der Waals surface area contributed by atoms with Crippen LogP contribution >= 0.6 is 0 Å². The lowest BCUT2D eigenvalue weighted by Crippen LogP contribution is -2.40. The highest BCUT2D eigenvalue weighted by Crippen LogP contribution is 2.35. The molecule has 2 aromatic carbocycles. The second kappa shape index (κ2) is 7.00. The van der Waals surface area contributed by atoms with Crippen LogP contribution in [0.4, 0.5) is 10.5 Å².